The van der Waals surface area contributed by atoms with E-state index in [2.05, 4.69) is 27.9 Å². The summed E-state index contributed by atoms with van der Waals surface area (Å²) in [5.41, 5.74) is 1.19. The maximum Gasteiger partial charge on any atom is 0.252 e. The highest BCUT2D eigenvalue weighted by Crippen LogP contribution is 2.11. The van der Waals surface area contributed by atoms with E-state index >= 15 is 0 Å². The van der Waals surface area contributed by atoms with Crippen LogP contribution in [0.4, 0.5) is 0 Å². The molecule has 0 unspecified atom stereocenters. The Balaban J connectivity index is 1.98. The Morgan fingerprint density at radius 1 is 0.947 bits per heavy atom. The van der Waals surface area contributed by atoms with E-state index in [4.69, 9.17) is 0 Å². The minimum absolute atomic E-state index is 0.00776. The summed E-state index contributed by atoms with van der Waals surface area (Å²) in [7, 11) is 0. The Morgan fingerprint density at radius 2 is 1.58 bits per heavy atom. The van der Waals surface area contributed by atoms with Crippen LogP contribution < -0.4 is 5.32 Å². The minimum Gasteiger partial charge on any atom is -0.345 e. The van der Waals surface area contributed by atoms with Crippen LogP contribution in [0.25, 0.3) is 0 Å². The van der Waals surface area contributed by atoms with Gasteiger partial charge < -0.3 is 5.32 Å². The van der Waals surface area contributed by atoms with Gasteiger partial charge in [0, 0.05) is 9.13 Å². The third-order valence-electron chi connectivity index (χ3n) is 2.62. The minimum atomic E-state index is -0.228. The Labute approximate surface area is 125 Å². The number of carbonyl (C=O) groups excluding carboxylic acids is 2. The van der Waals surface area contributed by atoms with E-state index in [-0.39, 0.29) is 18.2 Å². The van der Waals surface area contributed by atoms with E-state index in [1.165, 1.54) is 0 Å². The van der Waals surface area contributed by atoms with E-state index in [0.717, 1.165) is 3.57 Å². The Hall–Kier alpha value is -1.69. The van der Waals surface area contributed by atoms with E-state index < -0.39 is 0 Å². The van der Waals surface area contributed by atoms with Crippen LogP contribution in [0.15, 0.2) is 54.6 Å². The molecule has 0 fully saturated rings. The van der Waals surface area contributed by atoms with Crippen molar-refractivity contribution in [3.63, 3.8) is 0 Å². The molecule has 0 spiro atoms. The quantitative estimate of drug-likeness (QED) is 0.669. The molecule has 0 aliphatic carbocycles. The lowest BCUT2D eigenvalue weighted by atomic mass is 10.1. The topological polar surface area (TPSA) is 46.2 Å². The normalized spacial score (nSPS) is 9.95. The van der Waals surface area contributed by atoms with E-state index in [9.17, 15) is 9.59 Å². The van der Waals surface area contributed by atoms with Gasteiger partial charge in [0.05, 0.1) is 12.1 Å². The van der Waals surface area contributed by atoms with Gasteiger partial charge in [-0.2, -0.15) is 0 Å². The summed E-state index contributed by atoms with van der Waals surface area (Å²) < 4.78 is 0.866. The summed E-state index contributed by atoms with van der Waals surface area (Å²) >= 11 is 2.10. The molecule has 0 heterocycles. The van der Waals surface area contributed by atoms with Crippen LogP contribution in [0.5, 0.6) is 0 Å². The number of carbonyl (C=O) groups is 2. The molecule has 0 atom stereocenters. The average Bonchev–Trinajstić information content (AvgIpc) is 2.46. The summed E-state index contributed by atoms with van der Waals surface area (Å²) in [5, 5.41) is 2.64. The zero-order valence-electron chi connectivity index (χ0n) is 10.1. The van der Waals surface area contributed by atoms with Crippen LogP contribution in [0.1, 0.15) is 20.7 Å². The van der Waals surface area contributed by atoms with Crippen molar-refractivity contribution in [2.24, 2.45) is 0 Å². The lowest BCUT2D eigenvalue weighted by Crippen LogP contribution is -2.30. The number of hydrogen-bond acceptors (Lipinski definition) is 2. The van der Waals surface area contributed by atoms with Crippen molar-refractivity contribution >= 4 is 34.3 Å². The van der Waals surface area contributed by atoms with Crippen molar-refractivity contribution in [3.05, 3.63) is 69.3 Å². The second-order valence-electron chi connectivity index (χ2n) is 3.95. The molecule has 96 valence electrons. The molecule has 1 N–H and O–H groups in total. The van der Waals surface area contributed by atoms with Crippen LogP contribution in [0.2, 0.25) is 0 Å². The summed E-state index contributed by atoms with van der Waals surface area (Å²) in [6.07, 6.45) is 0. The smallest absolute Gasteiger partial charge is 0.252 e. The van der Waals surface area contributed by atoms with E-state index in [0.29, 0.717) is 11.1 Å². The third kappa shape index (κ3) is 3.64. The fraction of sp³-hybridized carbons (Fsp3) is 0.0667. The largest absolute Gasteiger partial charge is 0.345 e. The molecule has 0 saturated heterocycles. The van der Waals surface area contributed by atoms with Crippen molar-refractivity contribution in [3.8, 4) is 0 Å². The van der Waals surface area contributed by atoms with Crippen molar-refractivity contribution in [1.29, 1.82) is 0 Å². The molecule has 2 aromatic rings. The molecule has 1 amide bonds. The number of halogens is 1. The molecule has 2 aromatic carbocycles. The average molecular weight is 365 g/mol. The number of Topliss-reactive ketones (excluding diaryl/α,β-unsaturated/α-hetero) is 1. The number of hydrogen-bond donors (Lipinski definition) is 1. The maximum absolute atomic E-state index is 11.9. The first-order valence-corrected chi connectivity index (χ1v) is 6.87. The molecule has 0 radical (unpaired) electrons. The van der Waals surface area contributed by atoms with Crippen LogP contribution in [0.3, 0.4) is 0 Å². The summed E-state index contributed by atoms with van der Waals surface area (Å²) in [4.78, 5) is 23.8. The Bertz CT molecular complexity index is 596. The maximum atomic E-state index is 11.9. The van der Waals surface area contributed by atoms with Gasteiger partial charge in [-0.15, -0.1) is 0 Å². The fourth-order valence-corrected chi connectivity index (χ4v) is 2.26. The van der Waals surface area contributed by atoms with Gasteiger partial charge in [0.1, 0.15) is 0 Å². The number of rotatable bonds is 4. The summed E-state index contributed by atoms with van der Waals surface area (Å²) in [6, 6.07) is 16.2. The highest BCUT2D eigenvalue weighted by Gasteiger charge is 2.11. The van der Waals surface area contributed by atoms with Gasteiger partial charge in [-0.1, -0.05) is 42.5 Å². The molecule has 2 rings (SSSR count). The molecule has 0 aliphatic heterocycles. The van der Waals surface area contributed by atoms with E-state index in [1.54, 1.807) is 36.4 Å². The van der Waals surface area contributed by atoms with Gasteiger partial charge in [-0.25, -0.2) is 0 Å². The van der Waals surface area contributed by atoms with Gasteiger partial charge >= 0.3 is 0 Å². The molecule has 0 bridgehead atoms. The summed E-state index contributed by atoms with van der Waals surface area (Å²) in [5.74, 6) is -0.325. The van der Waals surface area contributed by atoms with Crippen molar-refractivity contribution in [2.75, 3.05) is 6.54 Å². The van der Waals surface area contributed by atoms with Crippen LogP contribution in [-0.2, 0) is 0 Å². The number of benzene rings is 2. The molecule has 0 saturated carbocycles. The van der Waals surface area contributed by atoms with Gasteiger partial charge in [0.2, 0.25) is 0 Å². The highest BCUT2D eigenvalue weighted by molar-refractivity contribution is 14.1. The fourth-order valence-electron chi connectivity index (χ4n) is 1.63. The van der Waals surface area contributed by atoms with Crippen molar-refractivity contribution in [2.45, 2.75) is 0 Å². The predicted octanol–water partition coefficient (Wildman–Crippen LogP) is 2.90. The second kappa shape index (κ2) is 6.47. The number of nitrogens with one attached hydrogen (secondary N) is 1. The highest BCUT2D eigenvalue weighted by atomic mass is 127. The lowest BCUT2D eigenvalue weighted by molar-refractivity contribution is 0.0903. The van der Waals surface area contributed by atoms with Gasteiger partial charge in [-0.3, -0.25) is 9.59 Å². The van der Waals surface area contributed by atoms with Gasteiger partial charge in [0.25, 0.3) is 5.91 Å². The molecule has 3 nitrogen and oxygen atoms in total. The van der Waals surface area contributed by atoms with E-state index in [1.807, 2.05) is 18.2 Å². The van der Waals surface area contributed by atoms with Crippen molar-refractivity contribution < 1.29 is 9.59 Å². The standard InChI is InChI=1S/C15H12INO2/c16-13-9-5-4-8-12(13)15(19)17-10-14(18)11-6-2-1-3-7-11/h1-9H,10H2,(H,17,19). The first-order valence-electron chi connectivity index (χ1n) is 5.79. The van der Waals surface area contributed by atoms with Gasteiger partial charge in [0.15, 0.2) is 5.78 Å². The molecule has 0 aliphatic rings. The zero-order valence-corrected chi connectivity index (χ0v) is 12.3. The Kier molecular flexibility index (Phi) is 4.68. The number of ketones is 1. The van der Waals surface area contributed by atoms with Crippen LogP contribution >= 0.6 is 22.6 Å². The monoisotopic (exact) mass is 365 g/mol. The SMILES string of the molecule is O=C(CNC(=O)c1ccccc1I)c1ccccc1. The molecular formula is C15H12INO2. The zero-order chi connectivity index (χ0) is 13.7. The third-order valence-corrected chi connectivity index (χ3v) is 3.56. The Morgan fingerprint density at radius 3 is 2.26 bits per heavy atom. The van der Waals surface area contributed by atoms with Crippen molar-refractivity contribution in [1.82, 2.24) is 5.32 Å². The molecule has 19 heavy (non-hydrogen) atoms. The molecular weight excluding hydrogens is 353 g/mol. The lowest BCUT2D eigenvalue weighted by Gasteiger charge is -2.06. The molecule has 4 heteroatoms. The first-order chi connectivity index (χ1) is 9.18. The summed E-state index contributed by atoms with van der Waals surface area (Å²) in [6.45, 7) is 0.00776. The van der Waals surface area contributed by atoms with Crippen LogP contribution in [-0.4, -0.2) is 18.2 Å². The first kappa shape index (κ1) is 13.7. The second-order valence-corrected chi connectivity index (χ2v) is 5.11. The van der Waals surface area contributed by atoms with Gasteiger partial charge in [-0.05, 0) is 34.7 Å². The van der Waals surface area contributed by atoms with Crippen LogP contribution in [0, 0.1) is 3.57 Å². The predicted molar refractivity (Wildman–Crippen MR) is 82.3 cm³/mol. The number of amides is 1. The molecule has 0 aromatic heterocycles.